The van der Waals surface area contributed by atoms with Crippen molar-refractivity contribution in [2.24, 2.45) is 0 Å². The van der Waals surface area contributed by atoms with Crippen LogP contribution in [0.5, 0.6) is 17.2 Å². The molecule has 1 N–H and O–H groups in total. The van der Waals surface area contributed by atoms with E-state index in [2.05, 4.69) is 21.2 Å². The molecule has 3 rings (SSSR count). The third-order valence-electron chi connectivity index (χ3n) is 3.38. The first kappa shape index (κ1) is 17.9. The lowest BCUT2D eigenvalue weighted by molar-refractivity contribution is -0.118. The molecule has 0 aliphatic carbocycles. The van der Waals surface area contributed by atoms with Gasteiger partial charge in [-0.2, -0.15) is 0 Å². The highest BCUT2D eigenvalue weighted by atomic mass is 79.9. The van der Waals surface area contributed by atoms with Gasteiger partial charge in [-0.15, -0.1) is 0 Å². The minimum atomic E-state index is -0.505. The van der Waals surface area contributed by atoms with Crippen molar-refractivity contribution in [1.29, 1.82) is 0 Å². The fourth-order valence-corrected chi connectivity index (χ4v) is 2.41. The van der Waals surface area contributed by atoms with Crippen molar-refractivity contribution in [3.05, 3.63) is 83.1 Å². The quantitative estimate of drug-likeness (QED) is 0.586. The topological polar surface area (TPSA) is 47.6 Å². The predicted molar refractivity (Wildman–Crippen MR) is 101 cm³/mol. The fourth-order valence-electron chi connectivity index (χ4n) is 2.15. The molecule has 0 aliphatic heterocycles. The third-order valence-corrected chi connectivity index (χ3v) is 3.91. The molecule has 0 saturated heterocycles. The van der Waals surface area contributed by atoms with Gasteiger partial charge in [0, 0.05) is 10.2 Å². The Bertz CT molecular complexity index is 882. The summed E-state index contributed by atoms with van der Waals surface area (Å²) in [5.74, 6) is 0.515. The minimum absolute atomic E-state index is 0.0425. The fraction of sp³-hybridized carbons (Fsp3) is 0.0500. The molecule has 0 radical (unpaired) electrons. The molecular formula is C20H15BrFNO3. The first-order valence-corrected chi connectivity index (χ1v) is 8.60. The van der Waals surface area contributed by atoms with E-state index < -0.39 is 5.82 Å². The van der Waals surface area contributed by atoms with Gasteiger partial charge in [-0.05, 0) is 60.7 Å². The van der Waals surface area contributed by atoms with Crippen LogP contribution in [0.1, 0.15) is 0 Å². The molecule has 0 atom stereocenters. The van der Waals surface area contributed by atoms with Gasteiger partial charge in [0.1, 0.15) is 11.5 Å². The Kier molecular flexibility index (Phi) is 5.86. The summed E-state index contributed by atoms with van der Waals surface area (Å²) in [4.78, 5) is 11.9. The lowest BCUT2D eigenvalue weighted by Gasteiger charge is -2.09. The summed E-state index contributed by atoms with van der Waals surface area (Å²) in [5.41, 5.74) is 0.593. The normalized spacial score (nSPS) is 10.2. The van der Waals surface area contributed by atoms with E-state index in [4.69, 9.17) is 9.47 Å². The Balaban J connectivity index is 1.52. The van der Waals surface area contributed by atoms with Gasteiger partial charge < -0.3 is 14.8 Å². The van der Waals surface area contributed by atoms with Crippen LogP contribution in [0, 0.1) is 5.82 Å². The SMILES string of the molecule is O=C(COc1ccccc1F)Nc1ccc(Oc2ccc(Br)cc2)cc1. The number of amides is 1. The van der Waals surface area contributed by atoms with E-state index in [-0.39, 0.29) is 18.3 Å². The maximum Gasteiger partial charge on any atom is 0.262 e. The third kappa shape index (κ3) is 5.07. The smallest absolute Gasteiger partial charge is 0.262 e. The van der Waals surface area contributed by atoms with Crippen LogP contribution in [0.25, 0.3) is 0 Å². The zero-order valence-corrected chi connectivity index (χ0v) is 15.2. The van der Waals surface area contributed by atoms with E-state index in [1.54, 1.807) is 36.4 Å². The van der Waals surface area contributed by atoms with E-state index in [1.807, 2.05) is 24.3 Å². The molecule has 0 unspecified atom stereocenters. The zero-order valence-electron chi connectivity index (χ0n) is 13.6. The maximum absolute atomic E-state index is 13.4. The molecular weight excluding hydrogens is 401 g/mol. The summed E-state index contributed by atoms with van der Waals surface area (Å²) in [6.07, 6.45) is 0. The molecule has 0 bridgehead atoms. The lowest BCUT2D eigenvalue weighted by atomic mass is 10.3. The summed E-state index contributed by atoms with van der Waals surface area (Å²) in [6, 6.07) is 20.3. The lowest BCUT2D eigenvalue weighted by Crippen LogP contribution is -2.20. The number of nitrogens with one attached hydrogen (secondary N) is 1. The number of carbonyl (C=O) groups excluding carboxylic acids is 1. The van der Waals surface area contributed by atoms with Crippen molar-refractivity contribution in [3.63, 3.8) is 0 Å². The molecule has 0 saturated carbocycles. The van der Waals surface area contributed by atoms with Gasteiger partial charge in [0.25, 0.3) is 5.91 Å². The van der Waals surface area contributed by atoms with Gasteiger partial charge >= 0.3 is 0 Å². The van der Waals surface area contributed by atoms with Gasteiger partial charge in [-0.25, -0.2) is 4.39 Å². The van der Waals surface area contributed by atoms with E-state index >= 15 is 0 Å². The highest BCUT2D eigenvalue weighted by Gasteiger charge is 2.07. The number of rotatable bonds is 6. The number of halogens is 2. The Morgan fingerprint density at radius 3 is 2.19 bits per heavy atom. The molecule has 132 valence electrons. The number of ether oxygens (including phenoxy) is 2. The van der Waals surface area contributed by atoms with Gasteiger partial charge in [0.05, 0.1) is 0 Å². The maximum atomic E-state index is 13.4. The van der Waals surface area contributed by atoms with Crippen LogP contribution in [0.2, 0.25) is 0 Å². The van der Waals surface area contributed by atoms with Gasteiger partial charge in [-0.1, -0.05) is 28.1 Å². The average molecular weight is 416 g/mol. The van der Waals surface area contributed by atoms with Crippen LogP contribution in [-0.4, -0.2) is 12.5 Å². The molecule has 4 nitrogen and oxygen atoms in total. The standard InChI is InChI=1S/C20H15BrFNO3/c21-14-5-9-16(10-6-14)26-17-11-7-15(8-12-17)23-20(24)13-25-19-4-2-1-3-18(19)22/h1-12H,13H2,(H,23,24). The van der Waals surface area contributed by atoms with Crippen LogP contribution < -0.4 is 14.8 Å². The zero-order chi connectivity index (χ0) is 18.4. The van der Waals surface area contributed by atoms with Crippen molar-refractivity contribution in [2.45, 2.75) is 0 Å². The summed E-state index contributed by atoms with van der Waals surface area (Å²) in [5, 5.41) is 2.68. The predicted octanol–water partition coefficient (Wildman–Crippen LogP) is 5.40. The van der Waals surface area contributed by atoms with Crippen molar-refractivity contribution < 1.29 is 18.7 Å². The van der Waals surface area contributed by atoms with Gasteiger partial charge in [-0.3, -0.25) is 4.79 Å². The van der Waals surface area contributed by atoms with E-state index in [1.165, 1.54) is 12.1 Å². The van der Waals surface area contributed by atoms with E-state index in [0.717, 1.165) is 4.47 Å². The summed E-state index contributed by atoms with van der Waals surface area (Å²) in [7, 11) is 0. The molecule has 0 heterocycles. The molecule has 3 aromatic carbocycles. The second-order valence-electron chi connectivity index (χ2n) is 5.35. The Morgan fingerprint density at radius 2 is 1.54 bits per heavy atom. The molecule has 26 heavy (non-hydrogen) atoms. The number of carbonyl (C=O) groups is 1. The highest BCUT2D eigenvalue weighted by Crippen LogP contribution is 2.24. The second-order valence-corrected chi connectivity index (χ2v) is 6.26. The molecule has 0 aromatic heterocycles. The monoisotopic (exact) mass is 415 g/mol. The molecule has 0 spiro atoms. The molecule has 1 amide bonds. The van der Waals surface area contributed by atoms with E-state index in [9.17, 15) is 9.18 Å². The number of benzene rings is 3. The highest BCUT2D eigenvalue weighted by molar-refractivity contribution is 9.10. The van der Waals surface area contributed by atoms with Crippen molar-refractivity contribution in [3.8, 4) is 17.2 Å². The van der Waals surface area contributed by atoms with Gasteiger partial charge in [0.2, 0.25) is 0 Å². The van der Waals surface area contributed by atoms with Crippen LogP contribution in [0.3, 0.4) is 0 Å². The van der Waals surface area contributed by atoms with Crippen molar-refractivity contribution >= 4 is 27.5 Å². The van der Waals surface area contributed by atoms with Crippen molar-refractivity contribution in [2.75, 3.05) is 11.9 Å². The van der Waals surface area contributed by atoms with Crippen LogP contribution >= 0.6 is 15.9 Å². The van der Waals surface area contributed by atoms with Crippen molar-refractivity contribution in [1.82, 2.24) is 0 Å². The number of para-hydroxylation sites is 1. The molecule has 0 aliphatic rings. The molecule has 3 aromatic rings. The van der Waals surface area contributed by atoms with Gasteiger partial charge in [0.15, 0.2) is 18.2 Å². The average Bonchev–Trinajstić information content (AvgIpc) is 2.64. The Hall–Kier alpha value is -2.86. The van der Waals surface area contributed by atoms with Crippen LogP contribution in [0.4, 0.5) is 10.1 Å². The first-order chi connectivity index (χ1) is 12.6. The Morgan fingerprint density at radius 1 is 0.923 bits per heavy atom. The van der Waals surface area contributed by atoms with Crippen LogP contribution in [0.15, 0.2) is 77.3 Å². The second kappa shape index (κ2) is 8.49. The first-order valence-electron chi connectivity index (χ1n) is 7.81. The summed E-state index contributed by atoms with van der Waals surface area (Å²) in [6.45, 7) is -0.280. The summed E-state index contributed by atoms with van der Waals surface area (Å²) >= 11 is 3.37. The molecule has 6 heteroatoms. The largest absolute Gasteiger partial charge is 0.481 e. The number of anilines is 1. The van der Waals surface area contributed by atoms with E-state index in [0.29, 0.717) is 17.2 Å². The Labute approximate surface area is 158 Å². The summed E-state index contributed by atoms with van der Waals surface area (Å²) < 4.78 is 25.3. The minimum Gasteiger partial charge on any atom is -0.481 e. The molecule has 0 fully saturated rings. The number of hydrogen-bond acceptors (Lipinski definition) is 3. The number of hydrogen-bond donors (Lipinski definition) is 1. The van der Waals surface area contributed by atoms with Crippen LogP contribution in [-0.2, 0) is 4.79 Å².